The number of rotatable bonds is 4. The second kappa shape index (κ2) is 10.1. The van der Waals surface area contributed by atoms with E-state index < -0.39 is 46.5 Å². The minimum atomic E-state index is -5.07. The standard InChI is InChI=1S/C28H27F6N5O2/c1-17-5-3-4-6-22(17)39-16-38(18(2)23-35-9-10-36-23)25(41)26(39)7-11-37(12-8-26)24(40)19-13-20(27(29,30)31)15-21(14-19)28(32,33)34/h3-6,9-10,13-15,18H,7-8,11-12,16H2,1-2H3,(H,35,36). The fourth-order valence-corrected chi connectivity index (χ4v) is 5.68. The average molecular weight is 580 g/mol. The van der Waals surface area contributed by atoms with Gasteiger partial charge >= 0.3 is 12.4 Å². The average Bonchev–Trinajstić information content (AvgIpc) is 3.55. The Morgan fingerprint density at radius 3 is 2.15 bits per heavy atom. The number of nitrogens with one attached hydrogen (secondary N) is 1. The van der Waals surface area contributed by atoms with Crippen molar-refractivity contribution in [2.24, 2.45) is 0 Å². The summed E-state index contributed by atoms with van der Waals surface area (Å²) >= 11 is 0. The van der Waals surface area contributed by atoms with Crippen LogP contribution in [0.4, 0.5) is 32.0 Å². The summed E-state index contributed by atoms with van der Waals surface area (Å²) in [4.78, 5) is 39.5. The van der Waals surface area contributed by atoms with Crippen LogP contribution in [0.15, 0.2) is 54.9 Å². The number of anilines is 1. The number of hydrogen-bond acceptors (Lipinski definition) is 4. The van der Waals surface area contributed by atoms with E-state index in [0.717, 1.165) is 11.3 Å². The van der Waals surface area contributed by atoms with Crippen molar-refractivity contribution >= 4 is 17.5 Å². The Balaban J connectivity index is 1.45. The number of benzene rings is 2. The summed E-state index contributed by atoms with van der Waals surface area (Å²) in [6.07, 6.45) is -6.62. The molecule has 1 unspecified atom stereocenters. The van der Waals surface area contributed by atoms with Crippen molar-refractivity contribution < 1.29 is 35.9 Å². The van der Waals surface area contributed by atoms with Crippen molar-refractivity contribution in [3.05, 3.63) is 82.9 Å². The van der Waals surface area contributed by atoms with Gasteiger partial charge in [0.05, 0.1) is 23.8 Å². The van der Waals surface area contributed by atoms with Crippen LogP contribution in [0, 0.1) is 6.92 Å². The lowest BCUT2D eigenvalue weighted by Crippen LogP contribution is -2.57. The highest BCUT2D eigenvalue weighted by atomic mass is 19.4. The van der Waals surface area contributed by atoms with E-state index in [1.165, 1.54) is 4.90 Å². The maximum atomic E-state index is 14.1. The molecule has 2 amide bonds. The molecule has 3 heterocycles. The molecule has 1 atom stereocenters. The van der Waals surface area contributed by atoms with Gasteiger partial charge in [0.1, 0.15) is 11.4 Å². The predicted molar refractivity (Wildman–Crippen MR) is 137 cm³/mol. The first-order valence-electron chi connectivity index (χ1n) is 12.9. The monoisotopic (exact) mass is 579 g/mol. The predicted octanol–water partition coefficient (Wildman–Crippen LogP) is 5.80. The normalized spacial score (nSPS) is 18.3. The van der Waals surface area contributed by atoms with Crippen molar-refractivity contribution in [1.82, 2.24) is 19.8 Å². The molecular formula is C28H27F6N5O2. The van der Waals surface area contributed by atoms with Gasteiger partial charge in [-0.05, 0) is 56.5 Å². The highest BCUT2D eigenvalue weighted by molar-refractivity contribution is 5.97. The van der Waals surface area contributed by atoms with Gasteiger partial charge in [0.15, 0.2) is 0 Å². The van der Waals surface area contributed by atoms with Gasteiger partial charge in [-0.1, -0.05) is 18.2 Å². The summed E-state index contributed by atoms with van der Waals surface area (Å²) in [5, 5.41) is 0. The number of imidazole rings is 1. The lowest BCUT2D eigenvalue weighted by Gasteiger charge is -2.43. The number of nitrogens with zero attached hydrogens (tertiary/aromatic N) is 4. The SMILES string of the molecule is Cc1ccccc1N1CN(C(C)c2ncc[nH]2)C(=O)C12CCN(C(=O)c1cc(C(F)(F)F)cc(C(F)(F)F)c1)CC2. The van der Waals surface area contributed by atoms with Crippen LogP contribution in [0.3, 0.4) is 0 Å². The molecule has 1 N–H and O–H groups in total. The molecule has 2 saturated heterocycles. The van der Waals surface area contributed by atoms with Crippen LogP contribution in [-0.4, -0.2) is 56.9 Å². The van der Waals surface area contributed by atoms with Gasteiger partial charge in [-0.2, -0.15) is 26.3 Å². The van der Waals surface area contributed by atoms with Crippen molar-refractivity contribution in [3.63, 3.8) is 0 Å². The molecule has 2 aliphatic heterocycles. The fourth-order valence-electron chi connectivity index (χ4n) is 5.68. The van der Waals surface area contributed by atoms with E-state index in [0.29, 0.717) is 18.0 Å². The molecule has 7 nitrogen and oxygen atoms in total. The zero-order valence-corrected chi connectivity index (χ0v) is 22.2. The van der Waals surface area contributed by atoms with Gasteiger partial charge in [0.25, 0.3) is 11.8 Å². The molecule has 0 bridgehead atoms. The summed E-state index contributed by atoms with van der Waals surface area (Å²) in [7, 11) is 0. The van der Waals surface area contributed by atoms with Gasteiger partial charge in [0.2, 0.25) is 0 Å². The third-order valence-electron chi connectivity index (χ3n) is 7.97. The summed E-state index contributed by atoms with van der Waals surface area (Å²) < 4.78 is 80.3. The smallest absolute Gasteiger partial charge is 0.347 e. The van der Waals surface area contributed by atoms with Crippen LogP contribution >= 0.6 is 0 Å². The zero-order valence-electron chi connectivity index (χ0n) is 22.2. The Labute approximate surface area is 231 Å². The lowest BCUT2D eigenvalue weighted by molar-refractivity contribution is -0.143. The van der Waals surface area contributed by atoms with E-state index in [2.05, 4.69) is 9.97 Å². The number of halogens is 6. The number of carbonyl (C=O) groups excluding carboxylic acids is 2. The Morgan fingerprint density at radius 2 is 1.61 bits per heavy atom. The van der Waals surface area contributed by atoms with E-state index in [1.54, 1.807) is 17.3 Å². The fraction of sp³-hybridized carbons (Fsp3) is 0.393. The highest BCUT2D eigenvalue weighted by Gasteiger charge is 2.55. The van der Waals surface area contributed by atoms with Crippen molar-refractivity contribution in [3.8, 4) is 0 Å². The molecule has 1 aromatic heterocycles. The summed E-state index contributed by atoms with van der Waals surface area (Å²) in [5.74, 6) is -0.543. The van der Waals surface area contributed by atoms with Gasteiger partial charge in [-0.15, -0.1) is 0 Å². The van der Waals surface area contributed by atoms with Crippen molar-refractivity contribution in [2.75, 3.05) is 24.7 Å². The van der Waals surface area contributed by atoms with Crippen molar-refractivity contribution in [1.29, 1.82) is 0 Å². The maximum Gasteiger partial charge on any atom is 0.416 e. The van der Waals surface area contributed by atoms with Crippen LogP contribution in [0.1, 0.15) is 58.7 Å². The summed E-state index contributed by atoms with van der Waals surface area (Å²) in [6, 6.07) is 8.01. The van der Waals surface area contributed by atoms with Crippen LogP contribution < -0.4 is 4.90 Å². The number of carbonyl (C=O) groups is 2. The number of likely N-dealkylation sites (tertiary alicyclic amines) is 1. The Kier molecular flexibility index (Phi) is 7.03. The number of para-hydroxylation sites is 1. The van der Waals surface area contributed by atoms with Crippen molar-refractivity contribution in [2.45, 2.75) is 50.6 Å². The van der Waals surface area contributed by atoms with E-state index in [1.807, 2.05) is 43.0 Å². The molecule has 41 heavy (non-hydrogen) atoms. The minimum Gasteiger partial charge on any atom is -0.347 e. The Morgan fingerprint density at radius 1 is 1.00 bits per heavy atom. The molecular weight excluding hydrogens is 552 g/mol. The number of aryl methyl sites for hydroxylation is 1. The van der Waals surface area contributed by atoms with Gasteiger partial charge in [-0.25, -0.2) is 4.98 Å². The third-order valence-corrected chi connectivity index (χ3v) is 7.97. The third kappa shape index (κ3) is 5.13. The molecule has 2 aromatic carbocycles. The molecule has 2 fully saturated rings. The Bertz CT molecular complexity index is 1410. The Hall–Kier alpha value is -4.03. The molecule has 5 rings (SSSR count). The van der Waals surface area contributed by atoms with Crippen LogP contribution in [0.25, 0.3) is 0 Å². The zero-order chi connectivity index (χ0) is 29.7. The van der Waals surface area contributed by atoms with Crippen LogP contribution in [-0.2, 0) is 17.1 Å². The van der Waals surface area contributed by atoms with E-state index >= 15 is 0 Å². The lowest BCUT2D eigenvalue weighted by atomic mass is 9.84. The number of aromatic nitrogens is 2. The maximum absolute atomic E-state index is 14.1. The molecule has 3 aromatic rings. The first kappa shape index (κ1) is 28.5. The number of amides is 2. The number of piperidine rings is 1. The van der Waals surface area contributed by atoms with Gasteiger partial charge in [0, 0.05) is 36.7 Å². The largest absolute Gasteiger partial charge is 0.416 e. The number of H-pyrrole nitrogens is 1. The topological polar surface area (TPSA) is 72.5 Å². The second-order valence-electron chi connectivity index (χ2n) is 10.4. The molecule has 1 spiro atoms. The molecule has 218 valence electrons. The van der Waals surface area contributed by atoms with Gasteiger partial charge < -0.3 is 19.7 Å². The number of aromatic amines is 1. The quantitative estimate of drug-likeness (QED) is 0.397. The molecule has 0 saturated carbocycles. The van der Waals surface area contributed by atoms with E-state index in [-0.39, 0.29) is 44.6 Å². The van der Waals surface area contributed by atoms with Crippen LogP contribution in [0.2, 0.25) is 0 Å². The van der Waals surface area contributed by atoms with E-state index in [9.17, 15) is 35.9 Å². The molecule has 2 aliphatic rings. The van der Waals surface area contributed by atoms with Gasteiger partial charge in [-0.3, -0.25) is 9.59 Å². The second-order valence-corrected chi connectivity index (χ2v) is 10.4. The molecule has 0 radical (unpaired) electrons. The first-order chi connectivity index (χ1) is 19.2. The summed E-state index contributed by atoms with van der Waals surface area (Å²) in [6.45, 7) is 3.93. The first-order valence-corrected chi connectivity index (χ1v) is 12.9. The molecule has 13 heteroatoms. The number of hydrogen-bond donors (Lipinski definition) is 1. The summed E-state index contributed by atoms with van der Waals surface area (Å²) in [5.41, 5.74) is -3.12. The molecule has 0 aliphatic carbocycles. The highest BCUT2D eigenvalue weighted by Crippen LogP contribution is 2.43. The van der Waals surface area contributed by atoms with Crippen LogP contribution in [0.5, 0.6) is 0 Å². The number of alkyl halides is 6. The minimum absolute atomic E-state index is 0.00593. The van der Waals surface area contributed by atoms with E-state index in [4.69, 9.17) is 0 Å².